The zero-order chi connectivity index (χ0) is 16.0. The summed E-state index contributed by atoms with van der Waals surface area (Å²) >= 11 is 0. The van der Waals surface area contributed by atoms with E-state index in [0.717, 1.165) is 0 Å². The lowest BCUT2D eigenvalue weighted by molar-refractivity contribution is -0.139. The molecule has 0 radical (unpaired) electrons. The molecule has 21 heavy (non-hydrogen) atoms. The van der Waals surface area contributed by atoms with Crippen molar-refractivity contribution in [3.8, 4) is 0 Å². The molecule has 0 aromatic carbocycles. The molecule has 7 heteroatoms. The largest absolute Gasteiger partial charge is 0.481 e. The fraction of sp³-hybridized carbons (Fsp3) is 0.500. The first-order valence-electron chi connectivity index (χ1n) is 6.68. The van der Waals surface area contributed by atoms with E-state index in [1.165, 1.54) is 23.5 Å². The van der Waals surface area contributed by atoms with Gasteiger partial charge in [0.25, 0.3) is 5.91 Å². The molecule has 0 aliphatic carbocycles. The third-order valence-corrected chi connectivity index (χ3v) is 2.97. The molecular weight excluding hydrogens is 276 g/mol. The van der Waals surface area contributed by atoms with E-state index in [1.807, 2.05) is 0 Å². The maximum absolute atomic E-state index is 12.3. The standard InChI is InChI=1S/C14H20N2O5/c1-9(2)16(6-4-12(17)18)14(20)10(3)15-13(19)11-5-7-21-8-11/h5,7-10H,4,6H2,1-3H3,(H,15,19)(H,17,18). The van der Waals surface area contributed by atoms with Crippen LogP contribution < -0.4 is 5.32 Å². The Labute approximate surface area is 122 Å². The van der Waals surface area contributed by atoms with E-state index in [2.05, 4.69) is 5.32 Å². The summed E-state index contributed by atoms with van der Waals surface area (Å²) in [5.41, 5.74) is 0.330. The smallest absolute Gasteiger partial charge is 0.305 e. The molecule has 0 bridgehead atoms. The topological polar surface area (TPSA) is 99.9 Å². The molecule has 116 valence electrons. The lowest BCUT2D eigenvalue weighted by atomic mass is 10.2. The van der Waals surface area contributed by atoms with Gasteiger partial charge in [0.05, 0.1) is 18.2 Å². The minimum Gasteiger partial charge on any atom is -0.481 e. The quantitative estimate of drug-likeness (QED) is 0.785. The van der Waals surface area contributed by atoms with Crippen LogP contribution in [0.25, 0.3) is 0 Å². The minimum atomic E-state index is -0.969. The van der Waals surface area contributed by atoms with E-state index in [1.54, 1.807) is 20.8 Å². The molecule has 0 saturated carbocycles. The van der Waals surface area contributed by atoms with Gasteiger partial charge in [-0.1, -0.05) is 0 Å². The number of hydrogen-bond donors (Lipinski definition) is 2. The molecule has 2 N–H and O–H groups in total. The zero-order valence-corrected chi connectivity index (χ0v) is 12.3. The van der Waals surface area contributed by atoms with Crippen LogP contribution in [0.5, 0.6) is 0 Å². The number of carbonyl (C=O) groups excluding carboxylic acids is 2. The van der Waals surface area contributed by atoms with Gasteiger partial charge in [-0.05, 0) is 26.8 Å². The summed E-state index contributed by atoms with van der Waals surface area (Å²) in [7, 11) is 0. The molecule has 1 heterocycles. The van der Waals surface area contributed by atoms with Crippen molar-refractivity contribution in [2.45, 2.75) is 39.3 Å². The van der Waals surface area contributed by atoms with Crippen LogP contribution in [0.3, 0.4) is 0 Å². The van der Waals surface area contributed by atoms with Crippen molar-refractivity contribution in [3.63, 3.8) is 0 Å². The van der Waals surface area contributed by atoms with Gasteiger partial charge in [-0.15, -0.1) is 0 Å². The number of nitrogens with zero attached hydrogens (tertiary/aromatic N) is 1. The van der Waals surface area contributed by atoms with Gasteiger partial charge in [0.2, 0.25) is 5.91 Å². The highest BCUT2D eigenvalue weighted by Crippen LogP contribution is 2.06. The summed E-state index contributed by atoms with van der Waals surface area (Å²) in [5, 5.41) is 11.3. The van der Waals surface area contributed by atoms with Crippen molar-refractivity contribution in [1.29, 1.82) is 0 Å². The van der Waals surface area contributed by atoms with Gasteiger partial charge in [-0.25, -0.2) is 0 Å². The van der Waals surface area contributed by atoms with E-state index in [-0.39, 0.29) is 24.9 Å². The van der Waals surface area contributed by atoms with Gasteiger partial charge < -0.3 is 19.7 Å². The average molecular weight is 296 g/mol. The third-order valence-electron chi connectivity index (χ3n) is 2.97. The highest BCUT2D eigenvalue weighted by Gasteiger charge is 2.25. The maximum atomic E-state index is 12.3. The summed E-state index contributed by atoms with van der Waals surface area (Å²) in [6, 6.07) is 0.602. The van der Waals surface area contributed by atoms with Crippen LogP contribution in [-0.2, 0) is 9.59 Å². The van der Waals surface area contributed by atoms with Crippen molar-refractivity contribution < 1.29 is 23.9 Å². The summed E-state index contributed by atoms with van der Waals surface area (Å²) in [5.74, 6) is -1.70. The van der Waals surface area contributed by atoms with Gasteiger partial charge in [0.1, 0.15) is 12.3 Å². The van der Waals surface area contributed by atoms with Crippen molar-refractivity contribution in [3.05, 3.63) is 24.2 Å². The van der Waals surface area contributed by atoms with Crippen molar-refractivity contribution in [1.82, 2.24) is 10.2 Å². The van der Waals surface area contributed by atoms with E-state index in [0.29, 0.717) is 5.56 Å². The lowest BCUT2D eigenvalue weighted by Crippen LogP contribution is -2.49. The van der Waals surface area contributed by atoms with E-state index in [4.69, 9.17) is 9.52 Å². The fourth-order valence-electron chi connectivity index (χ4n) is 1.82. The Kier molecular flexibility index (Phi) is 5.95. The number of carboxylic acids is 1. The van der Waals surface area contributed by atoms with Crippen LogP contribution >= 0.6 is 0 Å². The van der Waals surface area contributed by atoms with Crippen LogP contribution in [0.4, 0.5) is 0 Å². The predicted molar refractivity (Wildman–Crippen MR) is 74.7 cm³/mol. The number of hydrogen-bond acceptors (Lipinski definition) is 4. The first-order valence-corrected chi connectivity index (χ1v) is 6.68. The zero-order valence-electron chi connectivity index (χ0n) is 12.3. The minimum absolute atomic E-state index is 0.109. The molecule has 2 amide bonds. The molecule has 0 spiro atoms. The van der Waals surface area contributed by atoms with Crippen LogP contribution in [0.2, 0.25) is 0 Å². The number of carbonyl (C=O) groups is 3. The monoisotopic (exact) mass is 296 g/mol. The molecule has 0 fully saturated rings. The van der Waals surface area contributed by atoms with E-state index in [9.17, 15) is 14.4 Å². The Balaban J connectivity index is 2.65. The maximum Gasteiger partial charge on any atom is 0.305 e. The van der Waals surface area contributed by atoms with Gasteiger partial charge in [0.15, 0.2) is 0 Å². The summed E-state index contributed by atoms with van der Waals surface area (Å²) in [6.45, 7) is 5.27. The summed E-state index contributed by atoms with van der Waals surface area (Å²) < 4.78 is 4.81. The molecule has 1 aromatic heterocycles. The van der Waals surface area contributed by atoms with Crippen molar-refractivity contribution in [2.24, 2.45) is 0 Å². The molecule has 1 rings (SSSR count). The number of furan rings is 1. The van der Waals surface area contributed by atoms with Crippen LogP contribution in [0.15, 0.2) is 23.0 Å². The second-order valence-electron chi connectivity index (χ2n) is 4.98. The number of nitrogens with one attached hydrogen (secondary N) is 1. The SMILES string of the molecule is CC(NC(=O)c1ccoc1)C(=O)N(CCC(=O)O)C(C)C. The second kappa shape index (κ2) is 7.47. The van der Waals surface area contributed by atoms with E-state index < -0.39 is 17.9 Å². The predicted octanol–water partition coefficient (Wildman–Crippen LogP) is 1.11. The van der Waals surface area contributed by atoms with Gasteiger partial charge in [-0.3, -0.25) is 14.4 Å². The first kappa shape index (κ1) is 16.7. The second-order valence-corrected chi connectivity index (χ2v) is 4.98. The van der Waals surface area contributed by atoms with Gasteiger partial charge in [-0.2, -0.15) is 0 Å². The molecule has 7 nitrogen and oxygen atoms in total. The van der Waals surface area contributed by atoms with Crippen LogP contribution in [0.1, 0.15) is 37.6 Å². The Bertz CT molecular complexity index is 495. The van der Waals surface area contributed by atoms with Gasteiger partial charge in [0, 0.05) is 12.6 Å². The lowest BCUT2D eigenvalue weighted by Gasteiger charge is -2.29. The number of carboxylic acid groups (broad SMARTS) is 1. The third kappa shape index (κ3) is 4.94. The normalized spacial score (nSPS) is 12.0. The van der Waals surface area contributed by atoms with Gasteiger partial charge >= 0.3 is 5.97 Å². The molecule has 0 aliphatic rings. The number of amides is 2. The molecular formula is C14H20N2O5. The molecule has 0 saturated heterocycles. The van der Waals surface area contributed by atoms with Crippen molar-refractivity contribution >= 4 is 17.8 Å². The summed E-state index contributed by atoms with van der Waals surface area (Å²) in [6.07, 6.45) is 2.53. The van der Waals surface area contributed by atoms with E-state index >= 15 is 0 Å². The Morgan fingerprint density at radius 3 is 2.48 bits per heavy atom. The highest BCUT2D eigenvalue weighted by atomic mass is 16.4. The Hall–Kier alpha value is -2.31. The summed E-state index contributed by atoms with van der Waals surface area (Å²) in [4.78, 5) is 36.2. The molecule has 0 aliphatic heterocycles. The molecule has 1 atom stereocenters. The molecule has 1 unspecified atom stereocenters. The molecule has 1 aromatic rings. The van der Waals surface area contributed by atoms with Crippen LogP contribution in [0, 0.1) is 0 Å². The van der Waals surface area contributed by atoms with Crippen LogP contribution in [-0.4, -0.2) is 46.4 Å². The number of aliphatic carboxylic acids is 1. The fourth-order valence-corrected chi connectivity index (χ4v) is 1.82. The average Bonchev–Trinajstić information content (AvgIpc) is 2.91. The highest BCUT2D eigenvalue weighted by molar-refractivity contribution is 5.97. The van der Waals surface area contributed by atoms with Crippen molar-refractivity contribution in [2.75, 3.05) is 6.54 Å². The number of rotatable bonds is 7. The first-order chi connectivity index (χ1) is 9.82. The Morgan fingerprint density at radius 2 is 2.00 bits per heavy atom. The Morgan fingerprint density at radius 1 is 1.33 bits per heavy atom.